The average Bonchev–Trinajstić information content (AvgIpc) is 2.51. The zero-order valence-electron chi connectivity index (χ0n) is 13.0. The monoisotopic (exact) mass is 358 g/mol. The number of esters is 1. The summed E-state index contributed by atoms with van der Waals surface area (Å²) in [6, 6.07) is 5.05. The molecule has 1 atom stereocenters. The van der Waals surface area contributed by atoms with Gasteiger partial charge in [-0.3, -0.25) is 14.5 Å². The lowest BCUT2D eigenvalue weighted by atomic mass is 9.98. The molecule has 1 N–H and O–H groups in total. The fraction of sp³-hybridized carbons (Fsp3) is 0.500. The highest BCUT2D eigenvalue weighted by Crippen LogP contribution is 2.29. The van der Waals surface area contributed by atoms with Crippen LogP contribution in [0.5, 0.6) is 0 Å². The number of benzene rings is 1. The molecule has 0 aromatic heterocycles. The number of rotatable bonds is 5. The Morgan fingerprint density at radius 2 is 2.04 bits per heavy atom. The Kier molecular flexibility index (Phi) is 6.69. The molecule has 0 spiro atoms. The van der Waals surface area contributed by atoms with Gasteiger partial charge in [0.1, 0.15) is 0 Å². The van der Waals surface area contributed by atoms with Crippen LogP contribution in [0.4, 0.5) is 5.69 Å². The summed E-state index contributed by atoms with van der Waals surface area (Å²) in [4.78, 5) is 26.0. The molecule has 1 fully saturated rings. The summed E-state index contributed by atoms with van der Waals surface area (Å²) >= 11 is 12.1. The van der Waals surface area contributed by atoms with Crippen molar-refractivity contribution in [3.05, 3.63) is 28.2 Å². The van der Waals surface area contributed by atoms with Gasteiger partial charge in [0.05, 0.1) is 34.8 Å². The third-order valence-electron chi connectivity index (χ3n) is 3.72. The largest absolute Gasteiger partial charge is 0.466 e. The van der Waals surface area contributed by atoms with Crippen molar-refractivity contribution in [2.75, 3.05) is 31.6 Å². The van der Waals surface area contributed by atoms with Crippen LogP contribution in [0.3, 0.4) is 0 Å². The van der Waals surface area contributed by atoms with Gasteiger partial charge in [0, 0.05) is 6.54 Å². The summed E-state index contributed by atoms with van der Waals surface area (Å²) in [5, 5.41) is 3.53. The van der Waals surface area contributed by atoms with E-state index in [1.807, 2.05) is 4.90 Å². The number of hydrogen-bond donors (Lipinski definition) is 1. The number of halogens is 2. The third kappa shape index (κ3) is 5.09. The Morgan fingerprint density at radius 1 is 1.35 bits per heavy atom. The van der Waals surface area contributed by atoms with Gasteiger partial charge in [0.15, 0.2) is 0 Å². The Hall–Kier alpha value is -1.30. The van der Waals surface area contributed by atoms with Crippen LogP contribution in [-0.2, 0) is 14.3 Å². The van der Waals surface area contributed by atoms with Crippen LogP contribution in [0.25, 0.3) is 0 Å². The van der Waals surface area contributed by atoms with E-state index in [-0.39, 0.29) is 24.3 Å². The highest BCUT2D eigenvalue weighted by molar-refractivity contribution is 6.39. The van der Waals surface area contributed by atoms with Crippen LogP contribution in [0.1, 0.15) is 19.8 Å². The second-order valence-electron chi connectivity index (χ2n) is 5.47. The topological polar surface area (TPSA) is 58.6 Å². The summed E-state index contributed by atoms with van der Waals surface area (Å²) in [7, 11) is 0. The van der Waals surface area contributed by atoms with Crippen molar-refractivity contribution in [2.45, 2.75) is 19.8 Å². The van der Waals surface area contributed by atoms with E-state index in [0.29, 0.717) is 28.9 Å². The summed E-state index contributed by atoms with van der Waals surface area (Å²) in [5.41, 5.74) is 0.416. The van der Waals surface area contributed by atoms with Gasteiger partial charge in [-0.2, -0.15) is 0 Å². The van der Waals surface area contributed by atoms with Crippen molar-refractivity contribution in [3.63, 3.8) is 0 Å². The first kappa shape index (κ1) is 18.0. The number of ether oxygens (including phenoxy) is 1. The Bertz CT molecular complexity index is 560. The van der Waals surface area contributed by atoms with Crippen molar-refractivity contribution in [2.24, 2.45) is 5.92 Å². The van der Waals surface area contributed by atoms with Crippen LogP contribution < -0.4 is 5.32 Å². The number of anilines is 1. The van der Waals surface area contributed by atoms with Crippen LogP contribution in [-0.4, -0.2) is 43.0 Å². The maximum Gasteiger partial charge on any atom is 0.310 e. The predicted molar refractivity (Wildman–Crippen MR) is 90.9 cm³/mol. The van der Waals surface area contributed by atoms with E-state index < -0.39 is 0 Å². The molecule has 7 heteroatoms. The molecule has 5 nitrogen and oxygen atoms in total. The van der Waals surface area contributed by atoms with Crippen LogP contribution in [0.15, 0.2) is 18.2 Å². The number of carbonyl (C=O) groups excluding carboxylic acids is 2. The number of nitrogens with zero attached hydrogens (tertiary/aromatic N) is 1. The van der Waals surface area contributed by atoms with Crippen molar-refractivity contribution in [1.82, 2.24) is 4.90 Å². The van der Waals surface area contributed by atoms with E-state index in [1.165, 1.54) is 0 Å². The fourth-order valence-electron chi connectivity index (χ4n) is 2.65. The molecule has 1 unspecified atom stereocenters. The lowest BCUT2D eigenvalue weighted by Gasteiger charge is -2.30. The molecule has 1 aromatic carbocycles. The fourth-order valence-corrected chi connectivity index (χ4v) is 3.14. The smallest absolute Gasteiger partial charge is 0.310 e. The zero-order valence-corrected chi connectivity index (χ0v) is 14.5. The van der Waals surface area contributed by atoms with Gasteiger partial charge in [0.2, 0.25) is 5.91 Å². The Labute approximate surface area is 145 Å². The maximum atomic E-state index is 12.2. The molecular formula is C16H20Cl2N2O3. The van der Waals surface area contributed by atoms with Crippen molar-refractivity contribution in [3.8, 4) is 0 Å². The summed E-state index contributed by atoms with van der Waals surface area (Å²) < 4.78 is 5.06. The molecule has 1 heterocycles. The van der Waals surface area contributed by atoms with E-state index in [9.17, 15) is 9.59 Å². The maximum absolute atomic E-state index is 12.2. The number of hydrogen-bond acceptors (Lipinski definition) is 4. The highest BCUT2D eigenvalue weighted by atomic mass is 35.5. The molecule has 1 aliphatic heterocycles. The first-order valence-electron chi connectivity index (χ1n) is 7.64. The molecule has 23 heavy (non-hydrogen) atoms. The number of likely N-dealkylation sites (tertiary alicyclic amines) is 1. The first-order chi connectivity index (χ1) is 11.0. The molecule has 1 aliphatic rings. The zero-order chi connectivity index (χ0) is 16.8. The lowest BCUT2D eigenvalue weighted by Crippen LogP contribution is -2.43. The van der Waals surface area contributed by atoms with Gasteiger partial charge in [-0.05, 0) is 38.4 Å². The van der Waals surface area contributed by atoms with Gasteiger partial charge in [-0.1, -0.05) is 29.3 Å². The molecule has 1 saturated heterocycles. The second-order valence-corrected chi connectivity index (χ2v) is 6.29. The molecule has 0 saturated carbocycles. The minimum atomic E-state index is -0.204. The van der Waals surface area contributed by atoms with Gasteiger partial charge in [0.25, 0.3) is 0 Å². The van der Waals surface area contributed by atoms with E-state index in [2.05, 4.69) is 5.32 Å². The van der Waals surface area contributed by atoms with Crippen molar-refractivity contribution >= 4 is 40.8 Å². The molecule has 1 aromatic rings. The van der Waals surface area contributed by atoms with E-state index in [4.69, 9.17) is 27.9 Å². The lowest BCUT2D eigenvalue weighted by molar-refractivity contribution is -0.150. The quantitative estimate of drug-likeness (QED) is 0.821. The van der Waals surface area contributed by atoms with Gasteiger partial charge in [-0.15, -0.1) is 0 Å². The van der Waals surface area contributed by atoms with Crippen LogP contribution in [0.2, 0.25) is 10.0 Å². The standard InChI is InChI=1S/C16H20Cl2N2O3/c1-2-23-16(22)11-5-4-8-20(9-11)10-14(21)19-15-12(17)6-3-7-13(15)18/h3,6-7,11H,2,4-5,8-10H2,1H3,(H,19,21). The molecule has 126 valence electrons. The highest BCUT2D eigenvalue weighted by Gasteiger charge is 2.27. The average molecular weight is 359 g/mol. The SMILES string of the molecule is CCOC(=O)C1CCCN(CC(=O)Nc2c(Cl)cccc2Cl)C1. The molecule has 2 rings (SSSR count). The van der Waals surface area contributed by atoms with E-state index in [1.54, 1.807) is 25.1 Å². The Morgan fingerprint density at radius 3 is 2.70 bits per heavy atom. The van der Waals surface area contributed by atoms with Crippen molar-refractivity contribution < 1.29 is 14.3 Å². The van der Waals surface area contributed by atoms with Gasteiger partial charge < -0.3 is 10.1 Å². The summed E-state index contributed by atoms with van der Waals surface area (Å²) in [5.74, 6) is -0.559. The van der Waals surface area contributed by atoms with Crippen LogP contribution in [0, 0.1) is 5.92 Å². The predicted octanol–water partition coefficient (Wildman–Crippen LogP) is 3.21. The summed E-state index contributed by atoms with van der Waals surface area (Å²) in [6.45, 7) is 3.67. The van der Waals surface area contributed by atoms with Gasteiger partial charge in [-0.25, -0.2) is 0 Å². The third-order valence-corrected chi connectivity index (χ3v) is 4.35. The number of carbonyl (C=O) groups is 2. The van der Waals surface area contributed by atoms with Crippen molar-refractivity contribution in [1.29, 1.82) is 0 Å². The number of para-hydroxylation sites is 1. The molecule has 0 aliphatic carbocycles. The number of piperidine rings is 1. The molecular weight excluding hydrogens is 339 g/mol. The number of nitrogens with one attached hydrogen (secondary N) is 1. The van der Waals surface area contributed by atoms with E-state index >= 15 is 0 Å². The molecule has 0 bridgehead atoms. The Balaban J connectivity index is 1.91. The minimum Gasteiger partial charge on any atom is -0.466 e. The van der Waals surface area contributed by atoms with Gasteiger partial charge >= 0.3 is 5.97 Å². The minimum absolute atomic E-state index is 0.166. The van der Waals surface area contributed by atoms with E-state index in [0.717, 1.165) is 19.4 Å². The molecule has 1 amide bonds. The number of amides is 1. The normalized spacial score (nSPS) is 18.5. The first-order valence-corrected chi connectivity index (χ1v) is 8.39. The summed E-state index contributed by atoms with van der Waals surface area (Å²) in [6.07, 6.45) is 1.66. The molecule has 0 radical (unpaired) electrons. The van der Waals surface area contributed by atoms with Crippen LogP contribution >= 0.6 is 23.2 Å². The second kappa shape index (κ2) is 8.52.